The highest BCUT2D eigenvalue weighted by Gasteiger charge is 2.14. The maximum Gasteiger partial charge on any atom is 0.310 e. The number of esters is 1. The molecule has 92 valence electrons. The molecule has 1 unspecified atom stereocenters. The Kier molecular flexibility index (Phi) is 3.64. The molecule has 1 aromatic carbocycles. The van der Waals surface area contributed by atoms with Crippen LogP contribution in [0.3, 0.4) is 0 Å². The summed E-state index contributed by atoms with van der Waals surface area (Å²) in [5, 5.41) is 3.23. The summed E-state index contributed by atoms with van der Waals surface area (Å²) < 4.78 is 10.0. The quantitative estimate of drug-likeness (QED) is 0.810. The van der Waals surface area contributed by atoms with E-state index in [1.54, 1.807) is 0 Å². The first-order chi connectivity index (χ1) is 8.20. The summed E-state index contributed by atoms with van der Waals surface area (Å²) >= 11 is 0. The van der Waals surface area contributed by atoms with Crippen LogP contribution in [0.25, 0.3) is 0 Å². The molecule has 0 fully saturated rings. The molecule has 0 bridgehead atoms. The molecular weight excluding hydrogens is 218 g/mol. The van der Waals surface area contributed by atoms with Crippen molar-refractivity contribution in [2.75, 3.05) is 19.0 Å². The van der Waals surface area contributed by atoms with Crippen molar-refractivity contribution in [3.8, 4) is 0 Å². The second kappa shape index (κ2) is 5.19. The summed E-state index contributed by atoms with van der Waals surface area (Å²) in [6.45, 7) is 3.80. The highest BCUT2D eigenvalue weighted by molar-refractivity contribution is 5.72. The minimum Gasteiger partial charge on any atom is -0.469 e. The molecule has 1 aliphatic rings. The Morgan fingerprint density at radius 3 is 3.00 bits per heavy atom. The fourth-order valence-corrected chi connectivity index (χ4v) is 1.84. The largest absolute Gasteiger partial charge is 0.469 e. The molecule has 1 aromatic rings. The topological polar surface area (TPSA) is 47.6 Å². The third-order valence-corrected chi connectivity index (χ3v) is 2.94. The first-order valence-corrected chi connectivity index (χ1v) is 5.72. The highest BCUT2D eigenvalue weighted by atomic mass is 16.5. The van der Waals surface area contributed by atoms with Gasteiger partial charge < -0.3 is 14.8 Å². The second-order valence-corrected chi connectivity index (χ2v) is 4.28. The van der Waals surface area contributed by atoms with Crippen molar-refractivity contribution >= 4 is 11.7 Å². The van der Waals surface area contributed by atoms with Gasteiger partial charge in [-0.25, -0.2) is 0 Å². The number of carbonyl (C=O) groups excluding carboxylic acids is 1. The summed E-state index contributed by atoms with van der Waals surface area (Å²) in [5.74, 6) is -0.341. The van der Waals surface area contributed by atoms with Crippen LogP contribution < -0.4 is 5.32 Å². The van der Waals surface area contributed by atoms with Crippen LogP contribution >= 0.6 is 0 Å². The second-order valence-electron chi connectivity index (χ2n) is 4.28. The number of hydrogen-bond acceptors (Lipinski definition) is 4. The fraction of sp³-hybridized carbons (Fsp3) is 0.462. The number of nitrogens with one attached hydrogen (secondary N) is 1. The van der Waals surface area contributed by atoms with E-state index in [9.17, 15) is 4.79 Å². The van der Waals surface area contributed by atoms with E-state index < -0.39 is 0 Å². The number of rotatable bonds is 4. The number of methoxy groups -OCH3 is 1. The first-order valence-electron chi connectivity index (χ1n) is 5.72. The molecule has 0 amide bonds. The maximum atomic E-state index is 11.2. The van der Waals surface area contributed by atoms with Crippen LogP contribution in [0.15, 0.2) is 18.2 Å². The van der Waals surface area contributed by atoms with E-state index in [1.807, 2.05) is 13.0 Å². The van der Waals surface area contributed by atoms with Crippen LogP contribution in [-0.4, -0.2) is 19.6 Å². The molecule has 1 aliphatic heterocycles. The summed E-state index contributed by atoms with van der Waals surface area (Å²) in [5.41, 5.74) is 3.49. The Bertz CT molecular complexity index is 417. The van der Waals surface area contributed by atoms with Crippen LogP contribution in [0.4, 0.5) is 5.69 Å². The van der Waals surface area contributed by atoms with E-state index in [1.165, 1.54) is 18.2 Å². The third kappa shape index (κ3) is 2.77. The van der Waals surface area contributed by atoms with Crippen molar-refractivity contribution in [1.82, 2.24) is 0 Å². The van der Waals surface area contributed by atoms with Gasteiger partial charge in [0, 0.05) is 12.2 Å². The average molecular weight is 235 g/mol. The maximum absolute atomic E-state index is 11.2. The Balaban J connectivity index is 1.93. The summed E-state index contributed by atoms with van der Waals surface area (Å²) in [4.78, 5) is 11.2. The molecule has 17 heavy (non-hydrogen) atoms. The average Bonchev–Trinajstić information content (AvgIpc) is 2.82. The van der Waals surface area contributed by atoms with Crippen molar-refractivity contribution < 1.29 is 14.3 Å². The molecule has 1 heterocycles. The van der Waals surface area contributed by atoms with Crippen molar-refractivity contribution in [2.45, 2.75) is 20.1 Å². The molecule has 1 N–H and O–H groups in total. The van der Waals surface area contributed by atoms with Crippen LogP contribution in [0.5, 0.6) is 0 Å². The lowest BCUT2D eigenvalue weighted by atomic mass is 10.1. The minimum atomic E-state index is -0.193. The van der Waals surface area contributed by atoms with Gasteiger partial charge in [-0.3, -0.25) is 4.79 Å². The Morgan fingerprint density at radius 2 is 2.24 bits per heavy atom. The van der Waals surface area contributed by atoms with Crippen molar-refractivity contribution in [1.29, 1.82) is 0 Å². The summed E-state index contributed by atoms with van der Waals surface area (Å²) in [6, 6.07) is 6.15. The van der Waals surface area contributed by atoms with Gasteiger partial charge in [0.25, 0.3) is 0 Å². The van der Waals surface area contributed by atoms with Gasteiger partial charge in [0.2, 0.25) is 0 Å². The Morgan fingerprint density at radius 1 is 1.47 bits per heavy atom. The molecule has 0 aromatic heterocycles. The standard InChI is InChI=1S/C13H17NO3/c1-9(13(15)16-2)6-14-12-4-3-10-7-17-8-11(10)5-12/h3-5,9,14H,6-8H2,1-2H3. The smallest absolute Gasteiger partial charge is 0.310 e. The zero-order valence-electron chi connectivity index (χ0n) is 10.2. The predicted octanol–water partition coefficient (Wildman–Crippen LogP) is 1.94. The lowest BCUT2D eigenvalue weighted by Crippen LogP contribution is -2.21. The van der Waals surface area contributed by atoms with E-state index in [4.69, 9.17) is 4.74 Å². The van der Waals surface area contributed by atoms with Crippen molar-refractivity contribution in [3.05, 3.63) is 29.3 Å². The number of anilines is 1. The zero-order chi connectivity index (χ0) is 12.3. The Labute approximate surface area is 101 Å². The van der Waals surface area contributed by atoms with Crippen LogP contribution in [0, 0.1) is 5.92 Å². The summed E-state index contributed by atoms with van der Waals surface area (Å²) in [7, 11) is 1.41. The van der Waals surface area contributed by atoms with Gasteiger partial charge in [0.15, 0.2) is 0 Å². The number of carbonyl (C=O) groups is 1. The molecule has 0 saturated carbocycles. The van der Waals surface area contributed by atoms with Gasteiger partial charge >= 0.3 is 5.97 Å². The SMILES string of the molecule is COC(=O)C(C)CNc1ccc2c(c1)COC2. The van der Waals surface area contributed by atoms with Crippen LogP contribution in [-0.2, 0) is 27.5 Å². The molecule has 2 rings (SSSR count). The molecule has 1 atom stereocenters. The normalized spacial score (nSPS) is 15.2. The number of benzene rings is 1. The molecule has 0 aliphatic carbocycles. The molecular formula is C13H17NO3. The molecule has 0 saturated heterocycles. The van der Waals surface area contributed by atoms with Crippen molar-refractivity contribution in [2.24, 2.45) is 5.92 Å². The van der Waals surface area contributed by atoms with E-state index >= 15 is 0 Å². The van der Waals surface area contributed by atoms with Gasteiger partial charge in [-0.1, -0.05) is 13.0 Å². The van der Waals surface area contributed by atoms with Gasteiger partial charge in [-0.05, 0) is 23.3 Å². The highest BCUT2D eigenvalue weighted by Crippen LogP contribution is 2.23. The predicted molar refractivity (Wildman–Crippen MR) is 64.6 cm³/mol. The number of fused-ring (bicyclic) bond motifs is 1. The van der Waals surface area contributed by atoms with E-state index in [0.29, 0.717) is 19.8 Å². The number of ether oxygens (including phenoxy) is 2. The van der Waals surface area contributed by atoms with Crippen LogP contribution in [0.2, 0.25) is 0 Å². The Hall–Kier alpha value is -1.55. The lowest BCUT2D eigenvalue weighted by Gasteiger charge is -2.12. The lowest BCUT2D eigenvalue weighted by molar-refractivity contribution is -0.144. The van der Waals surface area contributed by atoms with Crippen molar-refractivity contribution in [3.63, 3.8) is 0 Å². The van der Waals surface area contributed by atoms with E-state index in [-0.39, 0.29) is 11.9 Å². The number of hydrogen-bond donors (Lipinski definition) is 1. The molecule has 4 nitrogen and oxygen atoms in total. The van der Waals surface area contributed by atoms with E-state index in [2.05, 4.69) is 22.2 Å². The van der Waals surface area contributed by atoms with Crippen LogP contribution in [0.1, 0.15) is 18.1 Å². The van der Waals surface area contributed by atoms with E-state index in [0.717, 1.165) is 5.69 Å². The van der Waals surface area contributed by atoms with Gasteiger partial charge in [0.1, 0.15) is 0 Å². The van der Waals surface area contributed by atoms with Gasteiger partial charge in [-0.2, -0.15) is 0 Å². The molecule has 0 spiro atoms. The monoisotopic (exact) mass is 235 g/mol. The van der Waals surface area contributed by atoms with Gasteiger partial charge in [-0.15, -0.1) is 0 Å². The molecule has 4 heteroatoms. The summed E-state index contributed by atoms with van der Waals surface area (Å²) in [6.07, 6.45) is 0. The van der Waals surface area contributed by atoms with Gasteiger partial charge in [0.05, 0.1) is 26.2 Å². The zero-order valence-corrected chi connectivity index (χ0v) is 10.2. The molecule has 0 radical (unpaired) electrons. The fourth-order valence-electron chi connectivity index (χ4n) is 1.84. The minimum absolute atomic E-state index is 0.149. The third-order valence-electron chi connectivity index (χ3n) is 2.94. The first kappa shape index (κ1) is 11.9.